The molecule has 2 nitrogen and oxygen atoms in total. The number of rotatable bonds is 3. The van der Waals surface area contributed by atoms with Crippen LogP contribution in [0.25, 0.3) is 0 Å². The van der Waals surface area contributed by atoms with Crippen molar-refractivity contribution in [2.45, 2.75) is 12.8 Å². The first kappa shape index (κ1) is 9.07. The maximum absolute atomic E-state index is 10.1. The monoisotopic (exact) mass is 183 g/mol. The van der Waals surface area contributed by atoms with Crippen LogP contribution in [0.4, 0.5) is 0 Å². The Morgan fingerprint density at radius 2 is 1.83 bits per heavy atom. The van der Waals surface area contributed by atoms with Crippen LogP contribution in [0.15, 0.2) is 24.3 Å². The van der Waals surface area contributed by atoms with Gasteiger partial charge in [-0.1, -0.05) is 23.7 Å². The zero-order valence-electron chi connectivity index (χ0n) is 6.42. The first-order valence-corrected chi connectivity index (χ1v) is 4.00. The highest BCUT2D eigenvalue weighted by Gasteiger charge is 2.00. The molecule has 0 aliphatic rings. The van der Waals surface area contributed by atoms with Gasteiger partial charge in [0.15, 0.2) is 0 Å². The second-order valence-electron chi connectivity index (χ2n) is 2.50. The van der Waals surface area contributed by atoms with Crippen molar-refractivity contribution in [3.05, 3.63) is 34.9 Å². The number of benzene rings is 1. The van der Waals surface area contributed by atoms with E-state index in [1.165, 1.54) is 0 Å². The third kappa shape index (κ3) is 2.93. The lowest BCUT2D eigenvalue weighted by atomic mass is 10.1. The quantitative estimate of drug-likeness (QED) is 0.708. The molecule has 0 bridgehead atoms. The summed E-state index contributed by atoms with van der Waals surface area (Å²) in [6.45, 7) is 0. The SMILES string of the molecule is [O]C(=O)CCc1ccc(Cl)cc1. The number of aryl methyl sites for hydroxylation is 1. The molecule has 1 radical (unpaired) electrons. The smallest absolute Gasteiger partial charge is 0.247 e. The molecule has 0 aliphatic heterocycles. The maximum Gasteiger partial charge on any atom is 0.355 e. The van der Waals surface area contributed by atoms with E-state index in [0.29, 0.717) is 11.4 Å². The van der Waals surface area contributed by atoms with Crippen LogP contribution in [0, 0.1) is 0 Å². The Bertz CT molecular complexity index is 266. The van der Waals surface area contributed by atoms with Gasteiger partial charge in [0.2, 0.25) is 0 Å². The van der Waals surface area contributed by atoms with Gasteiger partial charge in [0.05, 0.1) is 6.42 Å². The van der Waals surface area contributed by atoms with Crippen LogP contribution in [-0.4, -0.2) is 5.97 Å². The summed E-state index contributed by atoms with van der Waals surface area (Å²) in [6, 6.07) is 7.11. The summed E-state index contributed by atoms with van der Waals surface area (Å²) in [5, 5.41) is 10.8. The summed E-state index contributed by atoms with van der Waals surface area (Å²) in [7, 11) is 0. The van der Waals surface area contributed by atoms with E-state index in [9.17, 15) is 9.90 Å². The van der Waals surface area contributed by atoms with Gasteiger partial charge in [-0.05, 0) is 24.1 Å². The largest absolute Gasteiger partial charge is 0.355 e. The van der Waals surface area contributed by atoms with Gasteiger partial charge in [-0.25, -0.2) is 9.90 Å². The number of halogens is 1. The van der Waals surface area contributed by atoms with Crippen molar-refractivity contribution < 1.29 is 9.90 Å². The van der Waals surface area contributed by atoms with E-state index >= 15 is 0 Å². The fourth-order valence-corrected chi connectivity index (χ4v) is 1.02. The summed E-state index contributed by atoms with van der Waals surface area (Å²) in [5.74, 6) is -1.02. The van der Waals surface area contributed by atoms with Crippen LogP contribution in [0.2, 0.25) is 5.02 Å². The molecule has 0 saturated heterocycles. The van der Waals surface area contributed by atoms with Gasteiger partial charge in [-0.3, -0.25) is 0 Å². The predicted octanol–water partition coefficient (Wildman–Crippen LogP) is 2.23. The van der Waals surface area contributed by atoms with Gasteiger partial charge in [0.25, 0.3) is 0 Å². The Labute approximate surface area is 75.8 Å². The minimum absolute atomic E-state index is 0.0572. The second kappa shape index (κ2) is 4.12. The lowest BCUT2D eigenvalue weighted by molar-refractivity contribution is -0.143. The van der Waals surface area contributed by atoms with Crippen molar-refractivity contribution in [1.82, 2.24) is 0 Å². The Kier molecular flexibility index (Phi) is 3.11. The zero-order valence-corrected chi connectivity index (χ0v) is 7.17. The molecular weight excluding hydrogens is 176 g/mol. The summed E-state index contributed by atoms with van der Waals surface area (Å²) < 4.78 is 0. The van der Waals surface area contributed by atoms with Crippen molar-refractivity contribution in [2.75, 3.05) is 0 Å². The average Bonchev–Trinajstić information content (AvgIpc) is 2.03. The molecule has 0 saturated carbocycles. The van der Waals surface area contributed by atoms with Crippen LogP contribution in [0.1, 0.15) is 12.0 Å². The van der Waals surface area contributed by atoms with E-state index in [2.05, 4.69) is 0 Å². The molecule has 0 amide bonds. The summed E-state index contributed by atoms with van der Waals surface area (Å²) in [5.41, 5.74) is 0.962. The molecular formula is C9H8ClO2. The summed E-state index contributed by atoms with van der Waals surface area (Å²) in [4.78, 5) is 10.1. The van der Waals surface area contributed by atoms with Gasteiger partial charge in [-0.15, -0.1) is 0 Å². The molecule has 0 aliphatic carbocycles. The lowest BCUT2D eigenvalue weighted by Crippen LogP contribution is -1.95. The predicted molar refractivity (Wildman–Crippen MR) is 45.5 cm³/mol. The molecule has 0 fully saturated rings. The van der Waals surface area contributed by atoms with Gasteiger partial charge >= 0.3 is 5.97 Å². The van der Waals surface area contributed by atoms with Crippen LogP contribution in [0.5, 0.6) is 0 Å². The van der Waals surface area contributed by atoms with Crippen molar-refractivity contribution >= 4 is 17.6 Å². The molecule has 0 unspecified atom stereocenters. The molecule has 12 heavy (non-hydrogen) atoms. The fraction of sp³-hybridized carbons (Fsp3) is 0.222. The number of carbonyl (C=O) groups excluding carboxylic acids is 1. The average molecular weight is 184 g/mol. The number of hydrogen-bond donors (Lipinski definition) is 0. The molecule has 1 aromatic carbocycles. The summed E-state index contributed by atoms with van der Waals surface area (Å²) >= 11 is 5.65. The van der Waals surface area contributed by atoms with Crippen LogP contribution in [-0.2, 0) is 16.3 Å². The van der Waals surface area contributed by atoms with Crippen molar-refractivity contribution in [3.63, 3.8) is 0 Å². The van der Waals surface area contributed by atoms with E-state index in [1.54, 1.807) is 12.1 Å². The molecule has 3 heteroatoms. The van der Waals surface area contributed by atoms with Gasteiger partial charge in [0.1, 0.15) is 0 Å². The fourth-order valence-electron chi connectivity index (χ4n) is 0.897. The zero-order chi connectivity index (χ0) is 8.97. The molecule has 0 atom stereocenters. The minimum Gasteiger partial charge on any atom is -0.247 e. The molecule has 1 rings (SSSR count). The maximum atomic E-state index is 10.1. The van der Waals surface area contributed by atoms with Gasteiger partial charge < -0.3 is 0 Å². The normalized spacial score (nSPS) is 9.75. The molecule has 0 spiro atoms. The van der Waals surface area contributed by atoms with E-state index in [1.807, 2.05) is 12.1 Å². The third-order valence-electron chi connectivity index (χ3n) is 1.53. The Hall–Kier alpha value is -1.02. The van der Waals surface area contributed by atoms with Crippen molar-refractivity contribution in [3.8, 4) is 0 Å². The molecule has 0 aromatic heterocycles. The standard InChI is InChI=1S/C9H8ClO2/c10-8-4-1-7(2-5-8)3-6-9(11)12/h1-2,4-5H,3,6H2. The first-order valence-electron chi connectivity index (χ1n) is 3.63. The highest BCUT2D eigenvalue weighted by atomic mass is 35.5. The van der Waals surface area contributed by atoms with Crippen molar-refractivity contribution in [2.24, 2.45) is 0 Å². The van der Waals surface area contributed by atoms with Crippen LogP contribution >= 0.6 is 11.6 Å². The first-order chi connectivity index (χ1) is 5.68. The van der Waals surface area contributed by atoms with Gasteiger partial charge in [-0.2, -0.15) is 0 Å². The van der Waals surface area contributed by atoms with Gasteiger partial charge in [0, 0.05) is 5.02 Å². The Morgan fingerprint density at radius 1 is 1.25 bits per heavy atom. The number of carbonyl (C=O) groups is 1. The van der Waals surface area contributed by atoms with Crippen molar-refractivity contribution in [1.29, 1.82) is 0 Å². The Morgan fingerprint density at radius 3 is 2.33 bits per heavy atom. The third-order valence-corrected chi connectivity index (χ3v) is 1.78. The van der Waals surface area contributed by atoms with Crippen LogP contribution < -0.4 is 0 Å². The highest BCUT2D eigenvalue weighted by Crippen LogP contribution is 2.10. The highest BCUT2D eigenvalue weighted by molar-refractivity contribution is 6.30. The lowest BCUT2D eigenvalue weighted by Gasteiger charge is -1.96. The molecule has 63 valence electrons. The van der Waals surface area contributed by atoms with E-state index in [4.69, 9.17) is 11.6 Å². The van der Waals surface area contributed by atoms with E-state index in [0.717, 1.165) is 5.56 Å². The van der Waals surface area contributed by atoms with Crippen LogP contribution in [0.3, 0.4) is 0 Å². The molecule has 0 N–H and O–H groups in total. The van der Waals surface area contributed by atoms with E-state index < -0.39 is 5.97 Å². The second-order valence-corrected chi connectivity index (χ2v) is 2.93. The molecule has 1 aromatic rings. The molecule has 0 heterocycles. The van der Waals surface area contributed by atoms with E-state index in [-0.39, 0.29) is 6.42 Å². The number of hydrogen-bond acceptors (Lipinski definition) is 1. The minimum atomic E-state index is -1.02. The summed E-state index contributed by atoms with van der Waals surface area (Å²) in [6.07, 6.45) is 0.557. The topological polar surface area (TPSA) is 37.0 Å². The Balaban J connectivity index is 2.53.